The van der Waals surface area contributed by atoms with E-state index in [1.807, 2.05) is 48.5 Å². The number of Topliss-reactive ketones (excluding diaryl/α,β-unsaturated/α-hetero) is 2. The Kier molecular flexibility index (Phi) is 2.54. The van der Waals surface area contributed by atoms with Gasteiger partial charge in [0.2, 0.25) is 0 Å². The third kappa shape index (κ3) is 1.55. The molecule has 0 aromatic heterocycles. The lowest BCUT2D eigenvalue weighted by atomic mass is 9.95. The van der Waals surface area contributed by atoms with Crippen LogP contribution in [0.3, 0.4) is 0 Å². The van der Waals surface area contributed by atoms with Crippen molar-refractivity contribution in [2.75, 3.05) is 0 Å². The van der Waals surface area contributed by atoms with Crippen molar-refractivity contribution in [2.24, 2.45) is 0 Å². The normalized spacial score (nSPS) is 14.7. The minimum Gasteiger partial charge on any atom is -0.288 e. The fraction of sp³-hybridized carbons (Fsp3) is 0. The molecule has 0 aliphatic heterocycles. The summed E-state index contributed by atoms with van der Waals surface area (Å²) in [5.41, 5.74) is 6.16. The van der Waals surface area contributed by atoms with Gasteiger partial charge in [0.05, 0.1) is 5.57 Å². The number of allylic oxidation sites excluding steroid dienone is 1. The maximum Gasteiger partial charge on any atom is 0.198 e. The average molecular weight is 308 g/mol. The SMILES string of the molecule is O=C1C(=C2c3ccccc3-c3ccccc32)C(=O)c2ccccc21. The van der Waals surface area contributed by atoms with Crippen molar-refractivity contribution in [3.05, 3.63) is 101 Å². The fourth-order valence-corrected chi connectivity index (χ4v) is 3.77. The van der Waals surface area contributed by atoms with E-state index in [1.54, 1.807) is 24.3 Å². The summed E-state index contributed by atoms with van der Waals surface area (Å²) in [5, 5.41) is 0. The van der Waals surface area contributed by atoms with Crippen LogP contribution in [-0.2, 0) is 0 Å². The molecule has 3 aromatic carbocycles. The molecule has 112 valence electrons. The van der Waals surface area contributed by atoms with E-state index in [1.165, 1.54) is 0 Å². The van der Waals surface area contributed by atoms with Crippen LogP contribution in [0.25, 0.3) is 16.7 Å². The van der Waals surface area contributed by atoms with Gasteiger partial charge in [-0.1, -0.05) is 72.8 Å². The van der Waals surface area contributed by atoms with Crippen molar-refractivity contribution in [1.82, 2.24) is 0 Å². The summed E-state index contributed by atoms with van der Waals surface area (Å²) >= 11 is 0. The molecule has 0 bridgehead atoms. The van der Waals surface area contributed by atoms with Crippen LogP contribution in [0, 0.1) is 0 Å². The fourth-order valence-electron chi connectivity index (χ4n) is 3.77. The summed E-state index contributed by atoms with van der Waals surface area (Å²) in [6.07, 6.45) is 0. The predicted octanol–water partition coefficient (Wildman–Crippen LogP) is 4.55. The minimum atomic E-state index is -0.169. The van der Waals surface area contributed by atoms with Gasteiger partial charge in [-0.15, -0.1) is 0 Å². The van der Waals surface area contributed by atoms with E-state index in [9.17, 15) is 9.59 Å². The zero-order chi connectivity index (χ0) is 16.3. The summed E-state index contributed by atoms with van der Waals surface area (Å²) in [6.45, 7) is 0. The second kappa shape index (κ2) is 4.62. The number of rotatable bonds is 0. The molecule has 0 unspecified atom stereocenters. The van der Waals surface area contributed by atoms with Gasteiger partial charge >= 0.3 is 0 Å². The highest BCUT2D eigenvalue weighted by atomic mass is 16.2. The lowest BCUT2D eigenvalue weighted by Gasteiger charge is -2.06. The Balaban J connectivity index is 1.89. The van der Waals surface area contributed by atoms with Gasteiger partial charge in [0.15, 0.2) is 11.6 Å². The highest BCUT2D eigenvalue weighted by Crippen LogP contribution is 2.47. The van der Waals surface area contributed by atoms with Crippen LogP contribution in [0.2, 0.25) is 0 Å². The van der Waals surface area contributed by atoms with Gasteiger partial charge < -0.3 is 0 Å². The number of fused-ring (bicyclic) bond motifs is 4. The molecule has 2 aliphatic rings. The smallest absolute Gasteiger partial charge is 0.198 e. The van der Waals surface area contributed by atoms with E-state index in [0.717, 1.165) is 27.8 Å². The van der Waals surface area contributed by atoms with Crippen LogP contribution in [0.4, 0.5) is 0 Å². The van der Waals surface area contributed by atoms with Crippen LogP contribution >= 0.6 is 0 Å². The van der Waals surface area contributed by atoms with Gasteiger partial charge in [-0.05, 0) is 22.3 Å². The first-order valence-corrected chi connectivity index (χ1v) is 7.89. The number of carbonyl (C=O) groups is 2. The quantitative estimate of drug-likeness (QED) is 0.353. The highest BCUT2D eigenvalue weighted by molar-refractivity contribution is 6.43. The molecular weight excluding hydrogens is 296 g/mol. The van der Waals surface area contributed by atoms with Crippen LogP contribution < -0.4 is 0 Å². The summed E-state index contributed by atoms with van der Waals surface area (Å²) in [5.74, 6) is -0.339. The maximum absolute atomic E-state index is 12.9. The first-order valence-electron chi connectivity index (χ1n) is 7.89. The highest BCUT2D eigenvalue weighted by Gasteiger charge is 2.38. The zero-order valence-electron chi connectivity index (χ0n) is 12.7. The lowest BCUT2D eigenvalue weighted by Crippen LogP contribution is -2.04. The molecule has 0 N–H and O–H groups in total. The second-order valence-corrected chi connectivity index (χ2v) is 6.04. The largest absolute Gasteiger partial charge is 0.288 e. The summed E-state index contributed by atoms with van der Waals surface area (Å²) in [4.78, 5) is 25.9. The van der Waals surface area contributed by atoms with Crippen molar-refractivity contribution < 1.29 is 9.59 Å². The van der Waals surface area contributed by atoms with E-state index < -0.39 is 0 Å². The van der Waals surface area contributed by atoms with Gasteiger partial charge in [0.1, 0.15) is 0 Å². The lowest BCUT2D eigenvalue weighted by molar-refractivity contribution is 0.0990. The van der Waals surface area contributed by atoms with Crippen molar-refractivity contribution in [3.8, 4) is 11.1 Å². The van der Waals surface area contributed by atoms with Gasteiger partial charge in [-0.2, -0.15) is 0 Å². The van der Waals surface area contributed by atoms with Crippen LogP contribution in [0.1, 0.15) is 31.8 Å². The maximum atomic E-state index is 12.9. The molecule has 0 amide bonds. The van der Waals surface area contributed by atoms with Crippen molar-refractivity contribution in [1.29, 1.82) is 0 Å². The van der Waals surface area contributed by atoms with Crippen LogP contribution in [0.5, 0.6) is 0 Å². The van der Waals surface area contributed by atoms with E-state index in [0.29, 0.717) is 16.7 Å². The first kappa shape index (κ1) is 13.2. The number of hydrogen-bond donors (Lipinski definition) is 0. The first-order chi connectivity index (χ1) is 11.8. The molecule has 0 atom stereocenters. The Labute approximate surface area is 139 Å². The molecule has 0 radical (unpaired) electrons. The Bertz CT molecular complexity index is 1000. The standard InChI is InChI=1S/C22H12O2/c23-21-17-11-5-6-12-18(17)22(24)20(21)19-15-9-3-1-7-13(15)14-8-2-4-10-16(14)19/h1-12H. The zero-order valence-corrected chi connectivity index (χ0v) is 12.7. The van der Waals surface area contributed by atoms with Gasteiger partial charge in [-0.25, -0.2) is 0 Å². The molecule has 0 saturated heterocycles. The Hall–Kier alpha value is -3.26. The van der Waals surface area contributed by atoms with Gasteiger partial charge in [0.25, 0.3) is 0 Å². The number of ketones is 2. The third-order valence-corrected chi connectivity index (χ3v) is 4.80. The van der Waals surface area contributed by atoms with E-state index in [2.05, 4.69) is 0 Å². The monoisotopic (exact) mass is 308 g/mol. The van der Waals surface area contributed by atoms with Crippen molar-refractivity contribution >= 4 is 17.1 Å². The number of carbonyl (C=O) groups excluding carboxylic acids is 2. The Morgan fingerprint density at radius 2 is 0.708 bits per heavy atom. The minimum absolute atomic E-state index is 0.169. The molecule has 2 nitrogen and oxygen atoms in total. The average Bonchev–Trinajstić information content (AvgIpc) is 3.08. The van der Waals surface area contributed by atoms with Crippen molar-refractivity contribution in [2.45, 2.75) is 0 Å². The molecule has 2 aliphatic carbocycles. The predicted molar refractivity (Wildman–Crippen MR) is 93.0 cm³/mol. The van der Waals surface area contributed by atoms with Crippen molar-refractivity contribution in [3.63, 3.8) is 0 Å². The number of hydrogen-bond acceptors (Lipinski definition) is 2. The molecule has 2 heteroatoms. The molecule has 3 aromatic rings. The Morgan fingerprint density at radius 1 is 0.375 bits per heavy atom. The van der Waals surface area contributed by atoms with Crippen LogP contribution in [-0.4, -0.2) is 11.6 Å². The summed E-state index contributed by atoms with van der Waals surface area (Å²) < 4.78 is 0. The van der Waals surface area contributed by atoms with Gasteiger partial charge in [0, 0.05) is 16.7 Å². The topological polar surface area (TPSA) is 34.1 Å². The molecule has 0 heterocycles. The molecule has 5 rings (SSSR count). The summed E-state index contributed by atoms with van der Waals surface area (Å²) in [6, 6.07) is 23.0. The second-order valence-electron chi connectivity index (χ2n) is 6.04. The molecule has 0 fully saturated rings. The van der Waals surface area contributed by atoms with E-state index >= 15 is 0 Å². The van der Waals surface area contributed by atoms with Gasteiger partial charge in [-0.3, -0.25) is 9.59 Å². The summed E-state index contributed by atoms with van der Waals surface area (Å²) in [7, 11) is 0. The molecule has 0 saturated carbocycles. The molecule has 24 heavy (non-hydrogen) atoms. The number of benzene rings is 3. The van der Waals surface area contributed by atoms with E-state index in [4.69, 9.17) is 0 Å². The molecule has 0 spiro atoms. The third-order valence-electron chi connectivity index (χ3n) is 4.80. The van der Waals surface area contributed by atoms with E-state index in [-0.39, 0.29) is 11.6 Å². The molecular formula is C22H12O2. The Morgan fingerprint density at radius 3 is 1.12 bits per heavy atom. The van der Waals surface area contributed by atoms with Crippen LogP contribution in [0.15, 0.2) is 78.4 Å².